The average Bonchev–Trinajstić information content (AvgIpc) is 2.24. The minimum Gasteiger partial charge on any atom is -0.386 e. The van der Waals surface area contributed by atoms with Gasteiger partial charge < -0.3 is 15.5 Å². The van der Waals surface area contributed by atoms with Gasteiger partial charge in [-0.15, -0.1) is 0 Å². The van der Waals surface area contributed by atoms with Crippen molar-refractivity contribution in [1.82, 2.24) is 4.90 Å². The van der Waals surface area contributed by atoms with E-state index in [0.717, 1.165) is 25.2 Å². The number of hydrogen-bond acceptors (Lipinski definition) is 3. The van der Waals surface area contributed by atoms with Crippen LogP contribution in [0, 0.1) is 0 Å². The van der Waals surface area contributed by atoms with E-state index in [1.807, 2.05) is 13.1 Å². The molecule has 1 rings (SSSR count). The second-order valence-electron chi connectivity index (χ2n) is 3.88. The van der Waals surface area contributed by atoms with Gasteiger partial charge in [-0.1, -0.05) is 12.1 Å². The molecule has 0 unspecified atom stereocenters. The number of anilines is 2. The molecule has 0 atom stereocenters. The van der Waals surface area contributed by atoms with Gasteiger partial charge in [0.15, 0.2) is 0 Å². The first kappa shape index (κ1) is 11.9. The van der Waals surface area contributed by atoms with E-state index in [0.29, 0.717) is 0 Å². The number of hydrogen-bond donors (Lipinski definition) is 2. The van der Waals surface area contributed by atoms with E-state index in [1.54, 1.807) is 0 Å². The number of benzene rings is 1. The first-order valence-electron chi connectivity index (χ1n) is 5.39. The predicted octanol–water partition coefficient (Wildman–Crippen LogP) is 2.09. The van der Waals surface area contributed by atoms with Gasteiger partial charge >= 0.3 is 0 Å². The standard InChI is InChI=1S/C12H21N3/c1-13-11-7-4-5-8-12(11)14-9-6-10-15(2)3/h4-5,7-8,13-14H,6,9-10H2,1-3H3. The summed E-state index contributed by atoms with van der Waals surface area (Å²) < 4.78 is 0. The summed E-state index contributed by atoms with van der Waals surface area (Å²) >= 11 is 0. The molecule has 0 spiro atoms. The van der Waals surface area contributed by atoms with Crippen LogP contribution >= 0.6 is 0 Å². The van der Waals surface area contributed by atoms with E-state index in [1.165, 1.54) is 5.69 Å². The Morgan fingerprint density at radius 3 is 2.40 bits per heavy atom. The molecule has 3 heteroatoms. The normalized spacial score (nSPS) is 10.4. The molecule has 1 aromatic rings. The van der Waals surface area contributed by atoms with E-state index in [-0.39, 0.29) is 0 Å². The van der Waals surface area contributed by atoms with Gasteiger partial charge in [-0.2, -0.15) is 0 Å². The van der Waals surface area contributed by atoms with Crippen molar-refractivity contribution in [2.45, 2.75) is 6.42 Å². The SMILES string of the molecule is CNc1ccccc1NCCCN(C)C. The van der Waals surface area contributed by atoms with Gasteiger partial charge in [-0.05, 0) is 39.2 Å². The Morgan fingerprint density at radius 1 is 1.13 bits per heavy atom. The van der Waals surface area contributed by atoms with E-state index < -0.39 is 0 Å². The molecule has 0 aliphatic heterocycles. The Kier molecular flexibility index (Phi) is 4.98. The summed E-state index contributed by atoms with van der Waals surface area (Å²) in [5.41, 5.74) is 2.33. The molecule has 1 aromatic carbocycles. The molecule has 0 aromatic heterocycles. The van der Waals surface area contributed by atoms with Crippen molar-refractivity contribution >= 4 is 11.4 Å². The molecular weight excluding hydrogens is 186 g/mol. The third kappa shape index (κ3) is 4.21. The molecule has 0 bridgehead atoms. The van der Waals surface area contributed by atoms with Crippen molar-refractivity contribution in [3.63, 3.8) is 0 Å². The second-order valence-corrected chi connectivity index (χ2v) is 3.88. The van der Waals surface area contributed by atoms with Crippen LogP contribution in [0.25, 0.3) is 0 Å². The lowest BCUT2D eigenvalue weighted by molar-refractivity contribution is 0.405. The molecule has 3 nitrogen and oxygen atoms in total. The summed E-state index contributed by atoms with van der Waals surface area (Å²) in [7, 11) is 6.14. The first-order chi connectivity index (χ1) is 7.24. The Hall–Kier alpha value is -1.22. The fraction of sp³-hybridized carbons (Fsp3) is 0.500. The van der Waals surface area contributed by atoms with Crippen LogP contribution in [-0.4, -0.2) is 39.1 Å². The molecule has 0 fully saturated rings. The zero-order valence-corrected chi connectivity index (χ0v) is 9.88. The highest BCUT2D eigenvalue weighted by Gasteiger charge is 1.97. The summed E-state index contributed by atoms with van der Waals surface area (Å²) in [6.45, 7) is 2.13. The minimum absolute atomic E-state index is 1.01. The van der Waals surface area contributed by atoms with Gasteiger partial charge in [-0.25, -0.2) is 0 Å². The van der Waals surface area contributed by atoms with Crippen LogP contribution in [-0.2, 0) is 0 Å². The Bertz CT molecular complexity index is 284. The van der Waals surface area contributed by atoms with Crippen molar-refractivity contribution in [3.8, 4) is 0 Å². The highest BCUT2D eigenvalue weighted by Crippen LogP contribution is 2.19. The van der Waals surface area contributed by atoms with Gasteiger partial charge in [0.1, 0.15) is 0 Å². The van der Waals surface area contributed by atoms with Crippen molar-refractivity contribution in [3.05, 3.63) is 24.3 Å². The fourth-order valence-corrected chi connectivity index (χ4v) is 1.47. The van der Waals surface area contributed by atoms with Crippen LogP contribution < -0.4 is 10.6 Å². The maximum atomic E-state index is 3.43. The Labute approximate surface area is 92.5 Å². The van der Waals surface area contributed by atoms with Gasteiger partial charge in [0.2, 0.25) is 0 Å². The summed E-state index contributed by atoms with van der Waals surface area (Å²) in [5, 5.41) is 6.60. The van der Waals surface area contributed by atoms with Gasteiger partial charge in [0, 0.05) is 13.6 Å². The molecule has 0 saturated heterocycles. The van der Waals surface area contributed by atoms with Crippen molar-refractivity contribution in [2.75, 3.05) is 44.9 Å². The Balaban J connectivity index is 2.36. The molecule has 0 aliphatic carbocycles. The van der Waals surface area contributed by atoms with Crippen molar-refractivity contribution in [1.29, 1.82) is 0 Å². The van der Waals surface area contributed by atoms with Crippen LogP contribution in [0.5, 0.6) is 0 Å². The molecular formula is C12H21N3. The highest BCUT2D eigenvalue weighted by atomic mass is 15.1. The number of nitrogens with one attached hydrogen (secondary N) is 2. The number of rotatable bonds is 6. The lowest BCUT2D eigenvalue weighted by Gasteiger charge is -2.13. The Morgan fingerprint density at radius 2 is 1.80 bits per heavy atom. The summed E-state index contributed by atoms with van der Waals surface area (Å²) in [6.07, 6.45) is 1.16. The average molecular weight is 207 g/mol. The molecule has 0 amide bonds. The maximum absolute atomic E-state index is 3.43. The highest BCUT2D eigenvalue weighted by molar-refractivity contribution is 5.68. The quantitative estimate of drug-likeness (QED) is 0.699. The molecule has 2 N–H and O–H groups in total. The molecule has 0 radical (unpaired) electrons. The van der Waals surface area contributed by atoms with Gasteiger partial charge in [-0.3, -0.25) is 0 Å². The van der Waals surface area contributed by atoms with Crippen LogP contribution in [0.3, 0.4) is 0 Å². The summed E-state index contributed by atoms with van der Waals surface area (Å²) in [5.74, 6) is 0. The lowest BCUT2D eigenvalue weighted by atomic mass is 10.2. The van der Waals surface area contributed by atoms with Crippen LogP contribution in [0.2, 0.25) is 0 Å². The zero-order chi connectivity index (χ0) is 11.1. The van der Waals surface area contributed by atoms with Crippen molar-refractivity contribution in [2.24, 2.45) is 0 Å². The maximum Gasteiger partial charge on any atom is 0.0575 e. The van der Waals surface area contributed by atoms with E-state index in [9.17, 15) is 0 Å². The fourth-order valence-electron chi connectivity index (χ4n) is 1.47. The van der Waals surface area contributed by atoms with E-state index >= 15 is 0 Å². The smallest absolute Gasteiger partial charge is 0.0575 e. The molecule has 0 saturated carbocycles. The number of para-hydroxylation sites is 2. The zero-order valence-electron chi connectivity index (χ0n) is 9.88. The summed E-state index contributed by atoms with van der Waals surface area (Å²) in [4.78, 5) is 2.20. The number of nitrogens with zero attached hydrogens (tertiary/aromatic N) is 1. The minimum atomic E-state index is 1.01. The molecule has 0 heterocycles. The lowest BCUT2D eigenvalue weighted by Crippen LogP contribution is -2.16. The van der Waals surface area contributed by atoms with Gasteiger partial charge in [0.05, 0.1) is 11.4 Å². The third-order valence-corrected chi connectivity index (χ3v) is 2.29. The van der Waals surface area contributed by atoms with E-state index in [4.69, 9.17) is 0 Å². The predicted molar refractivity (Wildman–Crippen MR) is 67.6 cm³/mol. The first-order valence-corrected chi connectivity index (χ1v) is 5.39. The molecule has 15 heavy (non-hydrogen) atoms. The van der Waals surface area contributed by atoms with Crippen molar-refractivity contribution < 1.29 is 0 Å². The third-order valence-electron chi connectivity index (χ3n) is 2.29. The van der Waals surface area contributed by atoms with Crippen LogP contribution in [0.4, 0.5) is 11.4 Å². The molecule has 0 aliphatic rings. The summed E-state index contributed by atoms with van der Waals surface area (Å²) in [6, 6.07) is 8.27. The van der Waals surface area contributed by atoms with Gasteiger partial charge in [0.25, 0.3) is 0 Å². The van der Waals surface area contributed by atoms with Crippen LogP contribution in [0.1, 0.15) is 6.42 Å². The van der Waals surface area contributed by atoms with E-state index in [2.05, 4.69) is 47.8 Å². The monoisotopic (exact) mass is 207 g/mol. The second kappa shape index (κ2) is 6.30. The topological polar surface area (TPSA) is 27.3 Å². The largest absolute Gasteiger partial charge is 0.386 e. The van der Waals surface area contributed by atoms with Crippen LogP contribution in [0.15, 0.2) is 24.3 Å². The molecule has 84 valence electrons.